The van der Waals surface area contributed by atoms with Gasteiger partial charge in [0.15, 0.2) is 0 Å². The molecule has 2 nitrogen and oxygen atoms in total. The molecular formula is C15H21Cl2NO. The average molecular weight is 302 g/mol. The van der Waals surface area contributed by atoms with Crippen molar-refractivity contribution in [3.8, 4) is 5.75 Å². The van der Waals surface area contributed by atoms with E-state index < -0.39 is 0 Å². The molecule has 2 rings (SSSR count). The maximum Gasteiger partial charge on any atom is 0.127 e. The van der Waals surface area contributed by atoms with Gasteiger partial charge >= 0.3 is 0 Å². The summed E-state index contributed by atoms with van der Waals surface area (Å²) in [7, 11) is 0. The molecule has 0 bridgehead atoms. The van der Waals surface area contributed by atoms with Crippen LogP contribution in [-0.2, 0) is 13.0 Å². The van der Waals surface area contributed by atoms with Crippen molar-refractivity contribution in [2.24, 2.45) is 5.92 Å². The van der Waals surface area contributed by atoms with E-state index in [4.69, 9.17) is 27.9 Å². The second kappa shape index (κ2) is 7.37. The van der Waals surface area contributed by atoms with E-state index in [1.807, 2.05) is 12.1 Å². The highest BCUT2D eigenvalue weighted by Gasteiger charge is 2.17. The zero-order valence-electron chi connectivity index (χ0n) is 11.3. The fourth-order valence-electron chi connectivity index (χ4n) is 2.35. The number of benzene rings is 1. The lowest BCUT2D eigenvalue weighted by Gasteiger charge is -2.11. The number of hydrogen-bond acceptors (Lipinski definition) is 2. The van der Waals surface area contributed by atoms with Gasteiger partial charge in [0.25, 0.3) is 0 Å². The molecule has 19 heavy (non-hydrogen) atoms. The number of nitrogens with one attached hydrogen (secondary N) is 1. The number of rotatable bonds is 7. The van der Waals surface area contributed by atoms with Crippen molar-refractivity contribution in [3.05, 3.63) is 28.3 Å². The van der Waals surface area contributed by atoms with Crippen molar-refractivity contribution in [1.82, 2.24) is 5.32 Å². The van der Waals surface area contributed by atoms with Crippen LogP contribution in [0, 0.1) is 5.92 Å². The highest BCUT2D eigenvalue weighted by atomic mass is 35.5. The molecule has 1 heterocycles. The second-order valence-corrected chi connectivity index (χ2v) is 5.98. The Kier molecular flexibility index (Phi) is 5.80. The zero-order valence-corrected chi connectivity index (χ0v) is 12.9. The average Bonchev–Trinajstić information content (AvgIpc) is 2.85. The third-order valence-corrected chi connectivity index (χ3v) is 4.20. The molecule has 0 aliphatic carbocycles. The van der Waals surface area contributed by atoms with Gasteiger partial charge in [-0.15, -0.1) is 11.6 Å². The van der Waals surface area contributed by atoms with Crippen LogP contribution in [0.1, 0.15) is 30.9 Å². The van der Waals surface area contributed by atoms with E-state index in [0.29, 0.717) is 5.92 Å². The molecule has 1 aliphatic rings. The number of halogens is 2. The molecule has 1 N–H and O–H groups in total. The van der Waals surface area contributed by atoms with Crippen molar-refractivity contribution < 1.29 is 4.74 Å². The minimum Gasteiger partial charge on any atom is -0.493 e. The first-order chi connectivity index (χ1) is 9.20. The molecule has 0 amide bonds. The molecule has 0 saturated carbocycles. The van der Waals surface area contributed by atoms with Crippen LogP contribution in [0.2, 0.25) is 5.02 Å². The van der Waals surface area contributed by atoms with Crippen LogP contribution in [0.25, 0.3) is 0 Å². The fourth-order valence-corrected chi connectivity index (χ4v) is 2.77. The predicted molar refractivity (Wildman–Crippen MR) is 81.5 cm³/mol. The number of alkyl halides is 1. The van der Waals surface area contributed by atoms with Gasteiger partial charge in [-0.25, -0.2) is 0 Å². The molecule has 1 aromatic carbocycles. The van der Waals surface area contributed by atoms with E-state index >= 15 is 0 Å². The molecule has 1 aromatic rings. The first-order valence-electron chi connectivity index (χ1n) is 6.91. The minimum atomic E-state index is 0.599. The van der Waals surface area contributed by atoms with Crippen LogP contribution >= 0.6 is 23.2 Å². The van der Waals surface area contributed by atoms with Gasteiger partial charge in [-0.1, -0.05) is 18.5 Å². The smallest absolute Gasteiger partial charge is 0.127 e. The summed E-state index contributed by atoms with van der Waals surface area (Å²) in [4.78, 5) is 0. The van der Waals surface area contributed by atoms with E-state index in [-0.39, 0.29) is 0 Å². The van der Waals surface area contributed by atoms with E-state index in [1.165, 1.54) is 17.5 Å². The zero-order chi connectivity index (χ0) is 13.7. The summed E-state index contributed by atoms with van der Waals surface area (Å²) in [5.74, 6) is 2.38. The summed E-state index contributed by atoms with van der Waals surface area (Å²) in [5.41, 5.74) is 2.41. The molecule has 0 radical (unpaired) electrons. The predicted octanol–water partition coefficient (Wildman–Crippen LogP) is 4.02. The molecule has 0 aromatic heterocycles. The van der Waals surface area contributed by atoms with Crippen molar-refractivity contribution in [2.45, 2.75) is 32.7 Å². The van der Waals surface area contributed by atoms with E-state index in [0.717, 1.165) is 49.2 Å². The Morgan fingerprint density at radius 3 is 3.05 bits per heavy atom. The molecule has 4 heteroatoms. The van der Waals surface area contributed by atoms with Crippen LogP contribution < -0.4 is 10.1 Å². The first-order valence-corrected chi connectivity index (χ1v) is 7.82. The van der Waals surface area contributed by atoms with Gasteiger partial charge in [0.05, 0.1) is 6.61 Å². The third kappa shape index (κ3) is 4.27. The maximum atomic E-state index is 6.13. The van der Waals surface area contributed by atoms with Crippen LogP contribution in [-0.4, -0.2) is 19.0 Å². The van der Waals surface area contributed by atoms with Crippen molar-refractivity contribution in [2.75, 3.05) is 19.0 Å². The van der Waals surface area contributed by atoms with Gasteiger partial charge < -0.3 is 10.1 Å². The number of fused-ring (bicyclic) bond motifs is 1. The number of ether oxygens (including phenoxy) is 1. The largest absolute Gasteiger partial charge is 0.493 e. The lowest BCUT2D eigenvalue weighted by Crippen LogP contribution is -2.16. The maximum absolute atomic E-state index is 6.13. The Balaban J connectivity index is 1.80. The summed E-state index contributed by atoms with van der Waals surface area (Å²) in [5, 5.41) is 4.26. The van der Waals surface area contributed by atoms with Gasteiger partial charge in [-0.3, -0.25) is 0 Å². The van der Waals surface area contributed by atoms with E-state index in [1.54, 1.807) is 0 Å². The molecule has 1 aliphatic heterocycles. The van der Waals surface area contributed by atoms with Crippen LogP contribution in [0.5, 0.6) is 5.75 Å². The molecule has 1 unspecified atom stereocenters. The summed E-state index contributed by atoms with van der Waals surface area (Å²) >= 11 is 11.9. The fraction of sp³-hybridized carbons (Fsp3) is 0.600. The SMILES string of the molecule is CC(CCl)CCCNCc1cc(Cl)cc2c1OCC2. The summed E-state index contributed by atoms with van der Waals surface area (Å²) in [6.45, 7) is 4.78. The number of hydrogen-bond donors (Lipinski definition) is 1. The second-order valence-electron chi connectivity index (χ2n) is 5.23. The van der Waals surface area contributed by atoms with Gasteiger partial charge in [-0.2, -0.15) is 0 Å². The topological polar surface area (TPSA) is 21.3 Å². The van der Waals surface area contributed by atoms with Crippen molar-refractivity contribution in [3.63, 3.8) is 0 Å². The van der Waals surface area contributed by atoms with Gasteiger partial charge in [0, 0.05) is 29.4 Å². The first kappa shape index (κ1) is 15.0. The van der Waals surface area contributed by atoms with Crippen LogP contribution in [0.3, 0.4) is 0 Å². The lowest BCUT2D eigenvalue weighted by atomic mass is 10.1. The van der Waals surface area contributed by atoms with Gasteiger partial charge in [0.1, 0.15) is 5.75 Å². The molecule has 106 valence electrons. The summed E-state index contributed by atoms with van der Waals surface area (Å²) in [6.07, 6.45) is 3.29. The van der Waals surface area contributed by atoms with E-state index in [2.05, 4.69) is 12.2 Å². The Labute approximate surface area is 125 Å². The summed E-state index contributed by atoms with van der Waals surface area (Å²) < 4.78 is 5.68. The normalized spacial score (nSPS) is 15.1. The Morgan fingerprint density at radius 2 is 2.26 bits per heavy atom. The molecular weight excluding hydrogens is 281 g/mol. The third-order valence-electron chi connectivity index (χ3n) is 3.45. The van der Waals surface area contributed by atoms with Crippen LogP contribution in [0.15, 0.2) is 12.1 Å². The van der Waals surface area contributed by atoms with Crippen molar-refractivity contribution in [1.29, 1.82) is 0 Å². The molecule has 0 fully saturated rings. The molecule has 1 atom stereocenters. The van der Waals surface area contributed by atoms with Crippen molar-refractivity contribution >= 4 is 23.2 Å². The Bertz CT molecular complexity index is 423. The molecule has 0 saturated heterocycles. The Morgan fingerprint density at radius 1 is 1.42 bits per heavy atom. The monoisotopic (exact) mass is 301 g/mol. The summed E-state index contributed by atoms with van der Waals surface area (Å²) in [6, 6.07) is 4.01. The standard InChI is InChI=1S/C15H21Cl2NO/c1-11(9-16)3-2-5-18-10-13-8-14(17)7-12-4-6-19-15(12)13/h7-8,11,18H,2-6,9-10H2,1H3. The van der Waals surface area contributed by atoms with Crippen LogP contribution in [0.4, 0.5) is 0 Å². The minimum absolute atomic E-state index is 0.599. The van der Waals surface area contributed by atoms with E-state index in [9.17, 15) is 0 Å². The van der Waals surface area contributed by atoms with Gasteiger partial charge in [0.2, 0.25) is 0 Å². The molecule has 0 spiro atoms. The lowest BCUT2D eigenvalue weighted by molar-refractivity contribution is 0.352. The van der Waals surface area contributed by atoms with Gasteiger partial charge in [-0.05, 0) is 43.0 Å². The highest BCUT2D eigenvalue weighted by Crippen LogP contribution is 2.32. The highest BCUT2D eigenvalue weighted by molar-refractivity contribution is 6.30. The quantitative estimate of drug-likeness (QED) is 0.607. The Hall–Kier alpha value is -0.440.